The van der Waals surface area contributed by atoms with E-state index in [0.29, 0.717) is 31.5 Å². The predicted octanol–water partition coefficient (Wildman–Crippen LogP) is 5.49. The minimum absolute atomic E-state index is 0.139. The zero-order chi connectivity index (χ0) is 22.6. The molecule has 0 spiro atoms. The molecule has 1 saturated carbocycles. The quantitative estimate of drug-likeness (QED) is 0.432. The largest absolute Gasteiger partial charge is 0.491 e. The SMILES string of the molecule is C=CCc1ccccc1OCCn1c(C2CC(=O)N(C3CCCCC3)C2)nc2ccccc21. The summed E-state index contributed by atoms with van der Waals surface area (Å²) in [6.07, 6.45) is 9.32. The summed E-state index contributed by atoms with van der Waals surface area (Å²) in [6.45, 7) is 5.89. The average Bonchev–Trinajstić information content (AvgIpc) is 3.41. The smallest absolute Gasteiger partial charge is 0.223 e. The van der Waals surface area contributed by atoms with E-state index in [-0.39, 0.29) is 5.92 Å². The van der Waals surface area contributed by atoms with Crippen LogP contribution in [0.4, 0.5) is 0 Å². The Kier molecular flexibility index (Phi) is 6.47. The van der Waals surface area contributed by atoms with Gasteiger partial charge in [0, 0.05) is 24.9 Å². The van der Waals surface area contributed by atoms with E-state index in [1.54, 1.807) is 0 Å². The van der Waals surface area contributed by atoms with Gasteiger partial charge in [-0.05, 0) is 43.0 Å². The van der Waals surface area contributed by atoms with Gasteiger partial charge in [-0.15, -0.1) is 6.58 Å². The molecule has 2 fully saturated rings. The maximum atomic E-state index is 12.9. The van der Waals surface area contributed by atoms with Crippen molar-refractivity contribution >= 4 is 16.9 Å². The van der Waals surface area contributed by atoms with Crippen LogP contribution >= 0.6 is 0 Å². The molecule has 0 N–H and O–H groups in total. The molecule has 0 bridgehead atoms. The lowest BCUT2D eigenvalue weighted by Crippen LogP contribution is -2.37. The number of amides is 1. The second-order valence-electron chi connectivity index (χ2n) is 9.30. The van der Waals surface area contributed by atoms with Crippen molar-refractivity contribution in [2.45, 2.75) is 63.5 Å². The van der Waals surface area contributed by atoms with Gasteiger partial charge < -0.3 is 14.2 Å². The molecule has 1 amide bonds. The van der Waals surface area contributed by atoms with Crippen LogP contribution in [0.3, 0.4) is 0 Å². The van der Waals surface area contributed by atoms with Gasteiger partial charge in [0.05, 0.1) is 17.6 Å². The number of benzene rings is 2. The highest BCUT2D eigenvalue weighted by Crippen LogP contribution is 2.34. The number of rotatable bonds is 8. The van der Waals surface area contributed by atoms with Crippen molar-refractivity contribution in [3.8, 4) is 5.75 Å². The van der Waals surface area contributed by atoms with Crippen LogP contribution in [0.15, 0.2) is 61.2 Å². The van der Waals surface area contributed by atoms with Crippen molar-refractivity contribution in [1.82, 2.24) is 14.5 Å². The van der Waals surface area contributed by atoms with E-state index < -0.39 is 0 Å². The zero-order valence-corrected chi connectivity index (χ0v) is 19.3. The van der Waals surface area contributed by atoms with Crippen LogP contribution in [0.2, 0.25) is 0 Å². The monoisotopic (exact) mass is 443 g/mol. The maximum Gasteiger partial charge on any atom is 0.223 e. The van der Waals surface area contributed by atoms with Gasteiger partial charge in [0.25, 0.3) is 0 Å². The molecule has 5 rings (SSSR count). The molecular weight excluding hydrogens is 410 g/mol. The van der Waals surface area contributed by atoms with Crippen molar-refractivity contribution in [2.24, 2.45) is 0 Å². The molecule has 5 heteroatoms. The second kappa shape index (κ2) is 9.82. The number of ether oxygens (including phenoxy) is 1. The van der Waals surface area contributed by atoms with Crippen LogP contribution in [0, 0.1) is 0 Å². The molecular formula is C28H33N3O2. The third kappa shape index (κ3) is 4.54. The van der Waals surface area contributed by atoms with E-state index in [4.69, 9.17) is 9.72 Å². The van der Waals surface area contributed by atoms with Gasteiger partial charge >= 0.3 is 0 Å². The molecule has 1 saturated heterocycles. The first-order valence-corrected chi connectivity index (χ1v) is 12.3. The predicted molar refractivity (Wildman–Crippen MR) is 132 cm³/mol. The van der Waals surface area contributed by atoms with Crippen molar-refractivity contribution in [3.05, 3.63) is 72.6 Å². The Balaban J connectivity index is 1.36. The third-order valence-corrected chi connectivity index (χ3v) is 7.13. The standard InChI is InChI=1S/C28H33N3O2/c1-2-10-21-11-6-9-16-26(21)33-18-17-30-25-15-8-7-14-24(25)29-28(30)22-19-27(32)31(20-22)23-12-4-3-5-13-23/h2,6-9,11,14-16,22-23H,1,3-5,10,12-13,17-20H2. The third-order valence-electron chi connectivity index (χ3n) is 7.13. The molecule has 1 aromatic heterocycles. The molecule has 1 aliphatic carbocycles. The number of carbonyl (C=O) groups excluding carboxylic acids is 1. The zero-order valence-electron chi connectivity index (χ0n) is 19.3. The first-order chi connectivity index (χ1) is 16.2. The lowest BCUT2D eigenvalue weighted by molar-refractivity contribution is -0.130. The number of aromatic nitrogens is 2. The number of fused-ring (bicyclic) bond motifs is 1. The summed E-state index contributed by atoms with van der Waals surface area (Å²) in [5.41, 5.74) is 3.25. The van der Waals surface area contributed by atoms with Gasteiger partial charge in [0.2, 0.25) is 5.91 Å². The summed E-state index contributed by atoms with van der Waals surface area (Å²) in [5.74, 6) is 2.36. The van der Waals surface area contributed by atoms with Crippen LogP contribution in [0.25, 0.3) is 11.0 Å². The fourth-order valence-electron chi connectivity index (χ4n) is 5.51. The number of carbonyl (C=O) groups is 1. The molecule has 1 atom stereocenters. The highest BCUT2D eigenvalue weighted by Gasteiger charge is 2.37. The Morgan fingerprint density at radius 1 is 1.06 bits per heavy atom. The molecule has 1 aliphatic heterocycles. The van der Waals surface area contributed by atoms with E-state index in [2.05, 4.69) is 40.3 Å². The summed E-state index contributed by atoms with van der Waals surface area (Å²) in [5, 5.41) is 0. The average molecular weight is 444 g/mol. The van der Waals surface area contributed by atoms with E-state index in [1.165, 1.54) is 19.3 Å². The Bertz CT molecular complexity index is 1130. The Labute approximate surface area is 196 Å². The van der Waals surface area contributed by atoms with Crippen LogP contribution in [0.5, 0.6) is 5.75 Å². The number of imidazole rings is 1. The van der Waals surface area contributed by atoms with Crippen molar-refractivity contribution < 1.29 is 9.53 Å². The number of para-hydroxylation sites is 3. The molecule has 2 heterocycles. The fourth-order valence-corrected chi connectivity index (χ4v) is 5.51. The van der Waals surface area contributed by atoms with Crippen LogP contribution in [-0.4, -0.2) is 39.6 Å². The van der Waals surface area contributed by atoms with E-state index >= 15 is 0 Å². The minimum Gasteiger partial charge on any atom is -0.491 e. The van der Waals surface area contributed by atoms with Crippen LogP contribution in [-0.2, 0) is 17.8 Å². The van der Waals surface area contributed by atoms with E-state index in [0.717, 1.165) is 54.0 Å². The summed E-state index contributed by atoms with van der Waals surface area (Å²) < 4.78 is 8.46. The summed E-state index contributed by atoms with van der Waals surface area (Å²) in [4.78, 5) is 20.1. The minimum atomic E-state index is 0.139. The van der Waals surface area contributed by atoms with Gasteiger partial charge in [0.1, 0.15) is 18.2 Å². The van der Waals surface area contributed by atoms with Crippen molar-refractivity contribution in [1.29, 1.82) is 0 Å². The molecule has 2 aromatic carbocycles. The van der Waals surface area contributed by atoms with Crippen molar-refractivity contribution in [3.63, 3.8) is 0 Å². The topological polar surface area (TPSA) is 47.4 Å². The molecule has 172 valence electrons. The van der Waals surface area contributed by atoms with Gasteiger partial charge in [-0.25, -0.2) is 4.98 Å². The van der Waals surface area contributed by atoms with Crippen LogP contribution < -0.4 is 4.74 Å². The van der Waals surface area contributed by atoms with Gasteiger partial charge in [0.15, 0.2) is 0 Å². The second-order valence-corrected chi connectivity index (χ2v) is 9.30. The molecule has 2 aliphatic rings. The maximum absolute atomic E-state index is 12.9. The lowest BCUT2D eigenvalue weighted by Gasteiger charge is -2.31. The van der Waals surface area contributed by atoms with Gasteiger partial charge in [-0.1, -0.05) is 55.7 Å². The summed E-state index contributed by atoms with van der Waals surface area (Å²) in [6, 6.07) is 16.8. The molecule has 33 heavy (non-hydrogen) atoms. The number of hydrogen-bond donors (Lipinski definition) is 0. The molecule has 0 radical (unpaired) electrons. The van der Waals surface area contributed by atoms with Crippen LogP contribution in [0.1, 0.15) is 55.8 Å². The summed E-state index contributed by atoms with van der Waals surface area (Å²) >= 11 is 0. The summed E-state index contributed by atoms with van der Waals surface area (Å²) in [7, 11) is 0. The number of likely N-dealkylation sites (tertiary alicyclic amines) is 1. The van der Waals surface area contributed by atoms with E-state index in [9.17, 15) is 4.79 Å². The number of nitrogens with zero attached hydrogens (tertiary/aromatic N) is 3. The highest BCUT2D eigenvalue weighted by atomic mass is 16.5. The lowest BCUT2D eigenvalue weighted by atomic mass is 9.94. The van der Waals surface area contributed by atoms with Gasteiger partial charge in [-0.2, -0.15) is 0 Å². The molecule has 3 aromatic rings. The van der Waals surface area contributed by atoms with Crippen molar-refractivity contribution in [2.75, 3.05) is 13.2 Å². The van der Waals surface area contributed by atoms with Gasteiger partial charge in [-0.3, -0.25) is 4.79 Å². The number of allylic oxidation sites excluding steroid dienone is 1. The Morgan fingerprint density at radius 2 is 1.85 bits per heavy atom. The highest BCUT2D eigenvalue weighted by molar-refractivity contribution is 5.81. The molecule has 1 unspecified atom stereocenters. The van der Waals surface area contributed by atoms with E-state index in [1.807, 2.05) is 30.3 Å². The Morgan fingerprint density at radius 3 is 2.70 bits per heavy atom. The first kappa shape index (κ1) is 21.7. The first-order valence-electron chi connectivity index (χ1n) is 12.3. The normalized spacial score (nSPS) is 19.3. The molecule has 5 nitrogen and oxygen atoms in total. The fraction of sp³-hybridized carbons (Fsp3) is 0.429. The Hall–Kier alpha value is -3.08. The number of hydrogen-bond acceptors (Lipinski definition) is 3.